The third-order valence-electron chi connectivity index (χ3n) is 4.35. The van der Waals surface area contributed by atoms with Crippen molar-refractivity contribution in [2.24, 2.45) is 0 Å². The van der Waals surface area contributed by atoms with Crippen molar-refractivity contribution in [3.63, 3.8) is 0 Å². The molecular weight excluding hydrogens is 327 g/mol. The second-order valence-corrected chi connectivity index (χ2v) is 6.31. The zero-order valence-electron chi connectivity index (χ0n) is 14.7. The maximum absolute atomic E-state index is 13.8. The van der Waals surface area contributed by atoms with E-state index in [0.29, 0.717) is 0 Å². The minimum absolute atomic E-state index is 0.0174. The zero-order chi connectivity index (χ0) is 18.4. The lowest BCUT2D eigenvalue weighted by Gasteiger charge is -2.25. The highest BCUT2D eigenvalue weighted by Gasteiger charge is 2.25. The molecule has 1 atom stereocenters. The topological polar surface area (TPSA) is 33.5 Å². The number of amides is 1. The summed E-state index contributed by atoms with van der Waals surface area (Å²) >= 11 is 0. The molecule has 0 aliphatic heterocycles. The van der Waals surface area contributed by atoms with Gasteiger partial charge in [-0.3, -0.25) is 4.79 Å². The second kappa shape index (κ2) is 8.41. The highest BCUT2D eigenvalue weighted by atomic mass is 19.1. The lowest BCUT2D eigenvalue weighted by molar-refractivity contribution is -0.897. The normalized spacial score (nSPS) is 12.0. The molecule has 1 unspecified atom stereocenters. The number of para-hydroxylation sites is 1. The molecule has 0 aromatic heterocycles. The Labute approximate surface area is 153 Å². The fourth-order valence-corrected chi connectivity index (χ4v) is 3.16. The standard InChI is InChI=1S/C22H21FN2O/c1-25(16-21(26)24-20-15-9-8-14-19(20)23)22(17-10-4-2-5-11-17)18-12-6-3-7-13-18/h2-15,22H,16H2,1H3,(H,24,26)/p+1. The highest BCUT2D eigenvalue weighted by Crippen LogP contribution is 2.18. The number of likely N-dealkylation sites (N-methyl/N-ethyl adjacent to an activating group) is 1. The number of nitrogens with one attached hydrogen (secondary N) is 2. The van der Waals surface area contributed by atoms with Crippen LogP contribution >= 0.6 is 0 Å². The molecule has 0 aliphatic rings. The van der Waals surface area contributed by atoms with Gasteiger partial charge in [-0.05, 0) is 12.1 Å². The smallest absolute Gasteiger partial charge is 0.279 e. The van der Waals surface area contributed by atoms with Crippen molar-refractivity contribution < 1.29 is 14.1 Å². The number of hydrogen-bond acceptors (Lipinski definition) is 1. The van der Waals surface area contributed by atoms with Crippen molar-refractivity contribution in [3.8, 4) is 0 Å². The first-order valence-electron chi connectivity index (χ1n) is 8.61. The summed E-state index contributed by atoms with van der Waals surface area (Å²) in [7, 11) is 1.98. The minimum atomic E-state index is -0.429. The summed E-state index contributed by atoms with van der Waals surface area (Å²) < 4.78 is 13.8. The molecule has 0 aliphatic carbocycles. The van der Waals surface area contributed by atoms with Crippen LogP contribution in [0.2, 0.25) is 0 Å². The number of hydrogen-bond donors (Lipinski definition) is 2. The fourth-order valence-electron chi connectivity index (χ4n) is 3.16. The van der Waals surface area contributed by atoms with Gasteiger partial charge in [0.2, 0.25) is 0 Å². The van der Waals surface area contributed by atoms with Gasteiger partial charge in [-0.1, -0.05) is 72.8 Å². The third-order valence-corrected chi connectivity index (χ3v) is 4.35. The Bertz CT molecular complexity index is 813. The van der Waals surface area contributed by atoms with Gasteiger partial charge < -0.3 is 10.2 Å². The quantitative estimate of drug-likeness (QED) is 0.705. The second-order valence-electron chi connectivity index (χ2n) is 6.31. The van der Waals surface area contributed by atoms with E-state index in [4.69, 9.17) is 0 Å². The molecule has 26 heavy (non-hydrogen) atoms. The van der Waals surface area contributed by atoms with Crippen molar-refractivity contribution in [2.75, 3.05) is 18.9 Å². The van der Waals surface area contributed by atoms with Crippen molar-refractivity contribution in [3.05, 3.63) is 102 Å². The molecule has 132 valence electrons. The monoisotopic (exact) mass is 349 g/mol. The molecule has 0 fully saturated rings. The van der Waals surface area contributed by atoms with Crippen LogP contribution in [0, 0.1) is 5.82 Å². The van der Waals surface area contributed by atoms with Crippen LogP contribution in [0.5, 0.6) is 0 Å². The average molecular weight is 349 g/mol. The third kappa shape index (κ3) is 4.35. The Morgan fingerprint density at radius 2 is 1.38 bits per heavy atom. The molecule has 0 radical (unpaired) electrons. The molecule has 3 aromatic rings. The van der Waals surface area contributed by atoms with Gasteiger partial charge in [-0.25, -0.2) is 4.39 Å². The first-order chi connectivity index (χ1) is 12.6. The van der Waals surface area contributed by atoms with E-state index in [-0.39, 0.29) is 24.2 Å². The van der Waals surface area contributed by atoms with Crippen LogP contribution in [0.1, 0.15) is 17.2 Å². The first kappa shape index (κ1) is 17.8. The molecule has 3 nitrogen and oxygen atoms in total. The molecule has 2 N–H and O–H groups in total. The molecule has 4 heteroatoms. The minimum Gasteiger partial charge on any atom is -0.320 e. The Hall–Kier alpha value is -2.98. The SMILES string of the molecule is C[NH+](CC(=O)Nc1ccccc1F)C(c1ccccc1)c1ccccc1. The van der Waals surface area contributed by atoms with Crippen molar-refractivity contribution in [1.82, 2.24) is 0 Å². The number of benzene rings is 3. The molecule has 0 bridgehead atoms. The van der Waals surface area contributed by atoms with Gasteiger partial charge in [-0.15, -0.1) is 0 Å². The van der Waals surface area contributed by atoms with Gasteiger partial charge >= 0.3 is 0 Å². The van der Waals surface area contributed by atoms with Crippen molar-refractivity contribution in [1.29, 1.82) is 0 Å². The molecule has 3 aromatic carbocycles. The van der Waals surface area contributed by atoms with Crippen molar-refractivity contribution in [2.45, 2.75) is 6.04 Å². The number of quaternary nitrogens is 1. The van der Waals surface area contributed by atoms with E-state index in [2.05, 4.69) is 29.6 Å². The molecule has 1 amide bonds. The van der Waals surface area contributed by atoms with Gasteiger partial charge in [-0.2, -0.15) is 0 Å². The molecule has 0 saturated carbocycles. The predicted molar refractivity (Wildman–Crippen MR) is 102 cm³/mol. The Morgan fingerprint density at radius 3 is 1.92 bits per heavy atom. The molecule has 3 rings (SSSR count). The van der Waals surface area contributed by atoms with Gasteiger partial charge in [0.05, 0.1) is 12.7 Å². The number of carbonyl (C=O) groups excluding carboxylic acids is 1. The number of halogens is 1. The van der Waals surface area contributed by atoms with Gasteiger partial charge in [0.15, 0.2) is 6.54 Å². The van der Waals surface area contributed by atoms with E-state index in [1.165, 1.54) is 6.07 Å². The highest BCUT2D eigenvalue weighted by molar-refractivity contribution is 5.91. The lowest BCUT2D eigenvalue weighted by Crippen LogP contribution is -3.10. The summed E-state index contributed by atoms with van der Waals surface area (Å²) in [5.41, 5.74) is 2.48. The van der Waals surface area contributed by atoms with E-state index in [9.17, 15) is 9.18 Å². The summed E-state index contributed by atoms with van der Waals surface area (Å²) in [6.45, 7) is 0.225. The summed E-state index contributed by atoms with van der Waals surface area (Å²) in [5.74, 6) is -0.648. The largest absolute Gasteiger partial charge is 0.320 e. The lowest BCUT2D eigenvalue weighted by atomic mass is 9.97. The van der Waals surface area contributed by atoms with Gasteiger partial charge in [0.25, 0.3) is 5.91 Å². The van der Waals surface area contributed by atoms with Crippen LogP contribution in [-0.2, 0) is 4.79 Å². The molecule has 0 heterocycles. The Kier molecular flexibility index (Phi) is 5.77. The van der Waals surface area contributed by atoms with Crippen LogP contribution in [0.4, 0.5) is 10.1 Å². The van der Waals surface area contributed by atoms with Crippen LogP contribution in [0.3, 0.4) is 0 Å². The zero-order valence-corrected chi connectivity index (χ0v) is 14.7. The summed E-state index contributed by atoms with van der Waals surface area (Å²) in [6.07, 6.45) is 0. The maximum atomic E-state index is 13.8. The van der Waals surface area contributed by atoms with E-state index < -0.39 is 5.82 Å². The van der Waals surface area contributed by atoms with Crippen LogP contribution in [0.15, 0.2) is 84.9 Å². The number of rotatable bonds is 6. The van der Waals surface area contributed by atoms with Crippen molar-refractivity contribution >= 4 is 11.6 Å². The van der Waals surface area contributed by atoms with Gasteiger partial charge in [0.1, 0.15) is 11.9 Å². The summed E-state index contributed by atoms with van der Waals surface area (Å²) in [4.78, 5) is 13.5. The Morgan fingerprint density at radius 1 is 0.885 bits per heavy atom. The summed E-state index contributed by atoms with van der Waals surface area (Å²) in [5, 5.41) is 2.66. The van der Waals surface area contributed by atoms with Crippen LogP contribution in [-0.4, -0.2) is 19.5 Å². The Balaban J connectivity index is 1.79. The average Bonchev–Trinajstić information content (AvgIpc) is 2.65. The number of anilines is 1. The molecule has 0 spiro atoms. The molecule has 0 saturated heterocycles. The van der Waals surface area contributed by atoms with E-state index in [0.717, 1.165) is 16.0 Å². The van der Waals surface area contributed by atoms with Crippen LogP contribution in [0.25, 0.3) is 0 Å². The van der Waals surface area contributed by atoms with E-state index in [1.54, 1.807) is 18.2 Å². The first-order valence-corrected chi connectivity index (χ1v) is 8.61. The fraction of sp³-hybridized carbons (Fsp3) is 0.136. The van der Waals surface area contributed by atoms with E-state index >= 15 is 0 Å². The van der Waals surface area contributed by atoms with Crippen LogP contribution < -0.4 is 10.2 Å². The summed E-state index contributed by atoms with van der Waals surface area (Å²) in [6, 6.07) is 26.4. The number of carbonyl (C=O) groups is 1. The predicted octanol–water partition coefficient (Wildman–Crippen LogP) is 3.07. The maximum Gasteiger partial charge on any atom is 0.279 e. The van der Waals surface area contributed by atoms with Gasteiger partial charge in [0, 0.05) is 11.1 Å². The van der Waals surface area contributed by atoms with E-state index in [1.807, 2.05) is 43.4 Å². The molecular formula is C22H22FN2O+.